The molecule has 0 spiro atoms. The minimum atomic E-state index is -0.0125. The summed E-state index contributed by atoms with van der Waals surface area (Å²) in [7, 11) is 0. The van der Waals surface area contributed by atoms with Gasteiger partial charge in [0, 0.05) is 35.1 Å². The van der Waals surface area contributed by atoms with Gasteiger partial charge < -0.3 is 10.3 Å². The lowest BCUT2D eigenvalue weighted by atomic mass is 9.87. The van der Waals surface area contributed by atoms with Gasteiger partial charge in [-0.25, -0.2) is 0 Å². The lowest BCUT2D eigenvalue weighted by molar-refractivity contribution is -0.116. The first-order valence-electron chi connectivity index (χ1n) is 9.59. The van der Waals surface area contributed by atoms with Crippen LogP contribution < -0.4 is 5.32 Å². The van der Waals surface area contributed by atoms with Crippen LogP contribution in [0.25, 0.3) is 10.9 Å². The molecule has 1 unspecified atom stereocenters. The molecule has 0 aliphatic rings. The summed E-state index contributed by atoms with van der Waals surface area (Å²) in [4.78, 5) is 16.2. The number of benzene rings is 3. The standard InChI is InChI=1S/C25H24N2O/c1-17-10-12-20(13-11-17)27-25(28)15-22(19-7-5-6-18(2)14-19)23-16-26-24-9-4-3-8-21(23)24/h3-14,16,22,26H,15H2,1-2H3,(H,27,28). The van der Waals surface area contributed by atoms with Gasteiger partial charge in [0.05, 0.1) is 0 Å². The van der Waals surface area contributed by atoms with Gasteiger partial charge in [-0.3, -0.25) is 4.79 Å². The first kappa shape index (κ1) is 18.1. The smallest absolute Gasteiger partial charge is 0.225 e. The van der Waals surface area contributed by atoms with E-state index in [0.29, 0.717) is 6.42 Å². The van der Waals surface area contributed by atoms with E-state index in [1.165, 1.54) is 11.1 Å². The number of hydrogen-bond donors (Lipinski definition) is 2. The van der Waals surface area contributed by atoms with Crippen LogP contribution in [-0.2, 0) is 4.79 Å². The van der Waals surface area contributed by atoms with Crippen molar-refractivity contribution in [2.45, 2.75) is 26.2 Å². The largest absolute Gasteiger partial charge is 0.361 e. The highest BCUT2D eigenvalue weighted by Gasteiger charge is 2.21. The van der Waals surface area contributed by atoms with E-state index in [0.717, 1.165) is 27.7 Å². The number of carbonyl (C=O) groups is 1. The zero-order valence-electron chi connectivity index (χ0n) is 16.2. The summed E-state index contributed by atoms with van der Waals surface area (Å²) >= 11 is 0. The molecule has 0 bridgehead atoms. The fourth-order valence-corrected chi connectivity index (χ4v) is 3.71. The number of fused-ring (bicyclic) bond motifs is 1. The van der Waals surface area contributed by atoms with Gasteiger partial charge in [0.1, 0.15) is 0 Å². The van der Waals surface area contributed by atoms with Crippen molar-refractivity contribution in [3.8, 4) is 0 Å². The Morgan fingerprint density at radius 2 is 1.71 bits per heavy atom. The SMILES string of the molecule is Cc1ccc(NC(=O)CC(c2cccc(C)c2)c2c[nH]c3ccccc23)cc1. The van der Waals surface area contributed by atoms with Crippen molar-refractivity contribution >= 4 is 22.5 Å². The van der Waals surface area contributed by atoms with Gasteiger partial charge in [-0.1, -0.05) is 65.7 Å². The third kappa shape index (κ3) is 3.84. The number of carbonyl (C=O) groups excluding carboxylic acids is 1. The van der Waals surface area contributed by atoms with Crippen LogP contribution in [0.4, 0.5) is 5.69 Å². The molecule has 0 radical (unpaired) electrons. The van der Waals surface area contributed by atoms with Crippen molar-refractivity contribution in [1.29, 1.82) is 0 Å². The maximum absolute atomic E-state index is 12.9. The molecule has 0 aliphatic heterocycles. The highest BCUT2D eigenvalue weighted by molar-refractivity contribution is 5.92. The van der Waals surface area contributed by atoms with Gasteiger partial charge in [0.25, 0.3) is 0 Å². The van der Waals surface area contributed by atoms with Crippen LogP contribution >= 0.6 is 0 Å². The number of anilines is 1. The Balaban J connectivity index is 1.67. The molecule has 28 heavy (non-hydrogen) atoms. The van der Waals surface area contributed by atoms with Gasteiger partial charge in [-0.2, -0.15) is 0 Å². The van der Waals surface area contributed by atoms with Crippen LogP contribution in [0.15, 0.2) is 79.0 Å². The molecule has 4 rings (SSSR count). The molecule has 140 valence electrons. The number of nitrogens with one attached hydrogen (secondary N) is 2. The minimum Gasteiger partial charge on any atom is -0.361 e. The Hall–Kier alpha value is -3.33. The van der Waals surface area contributed by atoms with Crippen molar-refractivity contribution < 1.29 is 4.79 Å². The van der Waals surface area contributed by atoms with E-state index >= 15 is 0 Å². The zero-order chi connectivity index (χ0) is 19.5. The minimum absolute atomic E-state index is 0.0125. The number of H-pyrrole nitrogens is 1. The molecule has 1 amide bonds. The van der Waals surface area contributed by atoms with Gasteiger partial charge >= 0.3 is 0 Å². The van der Waals surface area contributed by atoms with E-state index in [-0.39, 0.29) is 11.8 Å². The summed E-state index contributed by atoms with van der Waals surface area (Å²) in [6.45, 7) is 4.12. The van der Waals surface area contributed by atoms with E-state index < -0.39 is 0 Å². The second-order valence-electron chi connectivity index (χ2n) is 7.37. The predicted molar refractivity (Wildman–Crippen MR) is 116 cm³/mol. The highest BCUT2D eigenvalue weighted by Crippen LogP contribution is 2.34. The monoisotopic (exact) mass is 368 g/mol. The number of aromatic amines is 1. The van der Waals surface area contributed by atoms with Crippen LogP contribution in [0.3, 0.4) is 0 Å². The lowest BCUT2D eigenvalue weighted by Crippen LogP contribution is -2.16. The van der Waals surface area contributed by atoms with Gasteiger partial charge in [-0.15, -0.1) is 0 Å². The van der Waals surface area contributed by atoms with Crippen LogP contribution in [0.2, 0.25) is 0 Å². The number of aryl methyl sites for hydroxylation is 2. The molecule has 0 fully saturated rings. The molecule has 4 aromatic rings. The van der Waals surface area contributed by atoms with E-state index in [2.05, 4.69) is 53.6 Å². The summed E-state index contributed by atoms with van der Waals surface area (Å²) in [5.74, 6) is 0.00198. The molecule has 0 aliphatic carbocycles. The Bertz CT molecular complexity index is 1110. The molecule has 1 heterocycles. The van der Waals surface area contributed by atoms with Crippen LogP contribution in [-0.4, -0.2) is 10.9 Å². The Morgan fingerprint density at radius 3 is 2.50 bits per heavy atom. The molecule has 0 saturated carbocycles. The number of aromatic nitrogens is 1. The highest BCUT2D eigenvalue weighted by atomic mass is 16.1. The third-order valence-electron chi connectivity index (χ3n) is 5.17. The van der Waals surface area contributed by atoms with Gasteiger partial charge in [0.15, 0.2) is 0 Å². The predicted octanol–water partition coefficient (Wildman–Crippen LogP) is 5.95. The molecule has 3 aromatic carbocycles. The lowest BCUT2D eigenvalue weighted by Gasteiger charge is -2.18. The quantitative estimate of drug-likeness (QED) is 0.449. The summed E-state index contributed by atoms with van der Waals surface area (Å²) in [6, 6.07) is 24.6. The van der Waals surface area contributed by atoms with E-state index in [4.69, 9.17) is 0 Å². The van der Waals surface area contributed by atoms with E-state index in [1.54, 1.807) is 0 Å². The van der Waals surface area contributed by atoms with E-state index in [1.807, 2.05) is 49.5 Å². The Labute approximate surface area is 165 Å². The van der Waals surface area contributed by atoms with Crippen molar-refractivity contribution in [2.75, 3.05) is 5.32 Å². The van der Waals surface area contributed by atoms with Crippen molar-refractivity contribution in [3.05, 3.63) is 101 Å². The molecule has 0 saturated heterocycles. The van der Waals surface area contributed by atoms with Crippen LogP contribution in [0.1, 0.15) is 34.6 Å². The fraction of sp³-hybridized carbons (Fsp3) is 0.160. The molecular weight excluding hydrogens is 344 g/mol. The fourth-order valence-electron chi connectivity index (χ4n) is 3.71. The number of hydrogen-bond acceptors (Lipinski definition) is 1. The van der Waals surface area contributed by atoms with E-state index in [9.17, 15) is 4.79 Å². The van der Waals surface area contributed by atoms with Crippen molar-refractivity contribution in [3.63, 3.8) is 0 Å². The maximum atomic E-state index is 12.9. The normalized spacial score (nSPS) is 12.1. The molecule has 1 aromatic heterocycles. The van der Waals surface area contributed by atoms with Crippen LogP contribution in [0.5, 0.6) is 0 Å². The summed E-state index contributed by atoms with van der Waals surface area (Å²) in [6.07, 6.45) is 2.43. The molecular formula is C25H24N2O. The van der Waals surface area contributed by atoms with Gasteiger partial charge in [-0.05, 0) is 43.2 Å². The molecule has 2 N–H and O–H groups in total. The summed E-state index contributed by atoms with van der Waals surface area (Å²) in [5, 5.41) is 4.21. The van der Waals surface area contributed by atoms with Crippen LogP contribution in [0, 0.1) is 13.8 Å². The first-order chi connectivity index (χ1) is 13.6. The first-order valence-corrected chi connectivity index (χ1v) is 9.59. The Morgan fingerprint density at radius 1 is 0.929 bits per heavy atom. The number of amides is 1. The average molecular weight is 368 g/mol. The van der Waals surface area contributed by atoms with Gasteiger partial charge in [0.2, 0.25) is 5.91 Å². The topological polar surface area (TPSA) is 44.9 Å². The maximum Gasteiger partial charge on any atom is 0.225 e. The molecule has 1 atom stereocenters. The molecule has 3 heteroatoms. The zero-order valence-corrected chi connectivity index (χ0v) is 16.2. The summed E-state index contributed by atoms with van der Waals surface area (Å²) in [5.41, 5.74) is 6.60. The average Bonchev–Trinajstić information content (AvgIpc) is 3.12. The second-order valence-corrected chi connectivity index (χ2v) is 7.37. The number of para-hydroxylation sites is 1. The summed E-state index contributed by atoms with van der Waals surface area (Å²) < 4.78 is 0. The number of rotatable bonds is 5. The second kappa shape index (κ2) is 7.73. The third-order valence-corrected chi connectivity index (χ3v) is 5.17. The van der Waals surface area contributed by atoms with Crippen molar-refractivity contribution in [2.24, 2.45) is 0 Å². The van der Waals surface area contributed by atoms with Crippen molar-refractivity contribution in [1.82, 2.24) is 4.98 Å². The molecule has 3 nitrogen and oxygen atoms in total. The Kier molecular flexibility index (Phi) is 4.98.